The topological polar surface area (TPSA) is 119 Å². The van der Waals surface area contributed by atoms with Crippen molar-refractivity contribution >= 4 is 5.91 Å². The minimum Gasteiger partial charge on any atom is -0.393 e. The molecule has 26 heavy (non-hydrogen) atoms. The molecule has 0 spiro atoms. The second-order valence-corrected chi connectivity index (χ2v) is 6.65. The number of carbonyl (C=O) groups is 1. The molecule has 0 aliphatic heterocycles. The van der Waals surface area contributed by atoms with Crippen molar-refractivity contribution < 1.29 is 9.90 Å². The van der Waals surface area contributed by atoms with E-state index < -0.39 is 5.56 Å². The molecule has 7 nitrogen and oxygen atoms in total. The number of aromatic amines is 1. The lowest BCUT2D eigenvalue weighted by Gasteiger charge is -2.38. The molecule has 0 saturated heterocycles. The van der Waals surface area contributed by atoms with Gasteiger partial charge in [0.25, 0.3) is 11.5 Å². The molecule has 0 aromatic carbocycles. The number of amides is 1. The van der Waals surface area contributed by atoms with E-state index >= 15 is 0 Å². The molecule has 134 valence electrons. The number of pyridine rings is 2. The average Bonchev–Trinajstić information content (AvgIpc) is 2.59. The molecular weight excluding hydrogens is 332 g/mol. The summed E-state index contributed by atoms with van der Waals surface area (Å²) in [6.45, 7) is 1.62. The molecule has 2 heterocycles. The Hall–Kier alpha value is -2.98. The number of aliphatic hydroxyl groups excluding tert-OH is 1. The summed E-state index contributed by atoms with van der Waals surface area (Å²) < 4.78 is 0. The van der Waals surface area contributed by atoms with Crippen LogP contribution in [0.25, 0.3) is 0 Å². The van der Waals surface area contributed by atoms with Crippen LogP contribution < -0.4 is 10.9 Å². The van der Waals surface area contributed by atoms with Crippen molar-refractivity contribution in [3.63, 3.8) is 0 Å². The largest absolute Gasteiger partial charge is 0.393 e. The molecule has 1 amide bonds. The second kappa shape index (κ2) is 7.50. The molecule has 0 unspecified atom stereocenters. The summed E-state index contributed by atoms with van der Waals surface area (Å²) >= 11 is 0. The highest BCUT2D eigenvalue weighted by atomic mass is 16.3. The number of nitrogens with one attached hydrogen (secondary N) is 2. The summed E-state index contributed by atoms with van der Waals surface area (Å²) in [5.74, 6) is -0.188. The van der Waals surface area contributed by atoms with E-state index in [-0.39, 0.29) is 35.1 Å². The van der Waals surface area contributed by atoms with Crippen LogP contribution >= 0.6 is 0 Å². The van der Waals surface area contributed by atoms with E-state index in [0.717, 1.165) is 5.69 Å². The average molecular weight is 352 g/mol. The van der Waals surface area contributed by atoms with Gasteiger partial charge in [0.2, 0.25) is 0 Å². The van der Waals surface area contributed by atoms with Gasteiger partial charge in [-0.05, 0) is 43.9 Å². The molecule has 1 fully saturated rings. The predicted molar refractivity (Wildman–Crippen MR) is 94.4 cm³/mol. The van der Waals surface area contributed by atoms with Crippen LogP contribution in [0.4, 0.5) is 0 Å². The highest BCUT2D eigenvalue weighted by molar-refractivity contribution is 5.95. The van der Waals surface area contributed by atoms with Crippen molar-refractivity contribution in [1.29, 1.82) is 5.26 Å². The van der Waals surface area contributed by atoms with Crippen molar-refractivity contribution in [3.05, 3.63) is 63.3 Å². The number of nitrogens with zero attached hydrogens (tertiary/aromatic N) is 2. The Bertz CT molecular complexity index is 895. The van der Waals surface area contributed by atoms with E-state index in [2.05, 4.69) is 15.3 Å². The van der Waals surface area contributed by atoms with E-state index in [1.165, 1.54) is 6.07 Å². The summed E-state index contributed by atoms with van der Waals surface area (Å²) in [5, 5.41) is 21.6. The summed E-state index contributed by atoms with van der Waals surface area (Å²) in [6, 6.07) is 8.55. The van der Waals surface area contributed by atoms with Gasteiger partial charge in [-0.1, -0.05) is 6.07 Å². The van der Waals surface area contributed by atoms with Crippen LogP contribution in [0.3, 0.4) is 0 Å². The Morgan fingerprint density at radius 1 is 1.50 bits per heavy atom. The van der Waals surface area contributed by atoms with Gasteiger partial charge in [-0.25, -0.2) is 0 Å². The number of hydrogen-bond acceptors (Lipinski definition) is 5. The summed E-state index contributed by atoms with van der Waals surface area (Å²) in [7, 11) is 0. The third-order valence-corrected chi connectivity index (χ3v) is 4.79. The van der Waals surface area contributed by atoms with Crippen molar-refractivity contribution in [1.82, 2.24) is 15.3 Å². The van der Waals surface area contributed by atoms with E-state index in [9.17, 15) is 14.7 Å². The first-order valence-electron chi connectivity index (χ1n) is 8.50. The van der Waals surface area contributed by atoms with E-state index in [0.29, 0.717) is 25.0 Å². The van der Waals surface area contributed by atoms with Gasteiger partial charge >= 0.3 is 0 Å². The number of aryl methyl sites for hydroxylation is 1. The minimum atomic E-state index is -0.506. The second-order valence-electron chi connectivity index (χ2n) is 6.65. The van der Waals surface area contributed by atoms with Crippen LogP contribution in [0.2, 0.25) is 0 Å². The maximum atomic E-state index is 12.7. The number of H-pyrrole nitrogens is 1. The number of aromatic nitrogens is 2. The lowest BCUT2D eigenvalue weighted by atomic mass is 9.75. The lowest BCUT2D eigenvalue weighted by molar-refractivity contribution is 0.0237. The van der Waals surface area contributed by atoms with Crippen molar-refractivity contribution in [2.75, 3.05) is 0 Å². The highest BCUT2D eigenvalue weighted by Crippen LogP contribution is 2.31. The fourth-order valence-corrected chi connectivity index (χ4v) is 3.23. The molecule has 0 radical (unpaired) electrons. The first-order valence-corrected chi connectivity index (χ1v) is 8.50. The molecule has 1 aliphatic rings. The van der Waals surface area contributed by atoms with Gasteiger partial charge < -0.3 is 15.4 Å². The summed E-state index contributed by atoms with van der Waals surface area (Å²) in [5.41, 5.74) is 0.939. The number of carbonyl (C=O) groups excluding carboxylic acids is 1. The van der Waals surface area contributed by atoms with Gasteiger partial charge in [-0.2, -0.15) is 5.26 Å². The molecule has 1 aliphatic carbocycles. The van der Waals surface area contributed by atoms with Gasteiger partial charge in [0.1, 0.15) is 11.6 Å². The molecule has 2 aromatic heterocycles. The zero-order valence-electron chi connectivity index (χ0n) is 14.4. The maximum Gasteiger partial charge on any atom is 0.266 e. The van der Waals surface area contributed by atoms with E-state index in [1.54, 1.807) is 19.2 Å². The third-order valence-electron chi connectivity index (χ3n) is 4.79. The molecule has 2 aromatic rings. The third kappa shape index (κ3) is 3.81. The summed E-state index contributed by atoms with van der Waals surface area (Å²) in [6.07, 6.45) is 3.19. The highest BCUT2D eigenvalue weighted by Gasteiger charge is 2.35. The van der Waals surface area contributed by atoms with Crippen molar-refractivity contribution in [2.45, 2.75) is 38.3 Å². The standard InChI is InChI=1S/C19H20N4O3/c1-11-16(8-13(10-20)18(25)22-11)19(26)23-17(12-6-15(24)7-12)9-14-4-2-3-5-21-14/h2-5,8,12,15,17,24H,6-7,9H2,1H3,(H,22,25)(H,23,26)/t12?,15?,17-/m1/s1. The van der Waals surface area contributed by atoms with Crippen LogP contribution in [0.5, 0.6) is 0 Å². The first-order chi connectivity index (χ1) is 12.5. The molecule has 1 atom stereocenters. The Labute approximate surface area is 150 Å². The zero-order valence-corrected chi connectivity index (χ0v) is 14.4. The quantitative estimate of drug-likeness (QED) is 0.743. The number of hydrogen-bond donors (Lipinski definition) is 3. The SMILES string of the molecule is Cc1[nH]c(=O)c(C#N)cc1C(=O)N[C@H](Cc1ccccn1)C1CC(O)C1. The minimum absolute atomic E-state index is 0.0962. The Balaban J connectivity index is 1.81. The van der Waals surface area contributed by atoms with Gasteiger partial charge in [0.05, 0.1) is 11.7 Å². The number of nitriles is 1. The van der Waals surface area contributed by atoms with Crippen LogP contribution in [-0.4, -0.2) is 33.1 Å². The Morgan fingerprint density at radius 3 is 2.88 bits per heavy atom. The van der Waals surface area contributed by atoms with Gasteiger partial charge in [-0.3, -0.25) is 14.6 Å². The van der Waals surface area contributed by atoms with Crippen LogP contribution in [0.1, 0.15) is 40.2 Å². The molecule has 3 rings (SSSR count). The van der Waals surface area contributed by atoms with Gasteiger partial charge in [0, 0.05) is 30.0 Å². The van der Waals surface area contributed by atoms with Crippen LogP contribution in [0.15, 0.2) is 35.3 Å². The predicted octanol–water partition coefficient (Wildman–Crippen LogP) is 1.06. The van der Waals surface area contributed by atoms with Crippen molar-refractivity contribution in [2.24, 2.45) is 5.92 Å². The number of aliphatic hydroxyl groups is 1. The van der Waals surface area contributed by atoms with Crippen molar-refractivity contribution in [3.8, 4) is 6.07 Å². The fourth-order valence-electron chi connectivity index (χ4n) is 3.23. The van der Waals surface area contributed by atoms with Gasteiger partial charge in [-0.15, -0.1) is 0 Å². The van der Waals surface area contributed by atoms with Crippen LogP contribution in [0, 0.1) is 24.2 Å². The maximum absolute atomic E-state index is 12.7. The normalized spacial score (nSPS) is 19.9. The number of rotatable bonds is 5. The zero-order chi connectivity index (χ0) is 18.7. The van der Waals surface area contributed by atoms with E-state index in [1.807, 2.05) is 18.2 Å². The molecular formula is C19H20N4O3. The fraction of sp³-hybridized carbons (Fsp3) is 0.368. The van der Waals surface area contributed by atoms with Gasteiger partial charge in [0.15, 0.2) is 0 Å². The monoisotopic (exact) mass is 352 g/mol. The lowest BCUT2D eigenvalue weighted by Crippen LogP contribution is -2.48. The summed E-state index contributed by atoms with van der Waals surface area (Å²) in [4.78, 5) is 31.3. The molecule has 7 heteroatoms. The molecule has 3 N–H and O–H groups in total. The van der Waals surface area contributed by atoms with E-state index in [4.69, 9.17) is 5.26 Å². The Kier molecular flexibility index (Phi) is 5.14. The molecule has 1 saturated carbocycles. The first kappa shape index (κ1) is 17.8. The van der Waals surface area contributed by atoms with Crippen LogP contribution in [-0.2, 0) is 6.42 Å². The molecule has 0 bridgehead atoms. The smallest absolute Gasteiger partial charge is 0.266 e. The Morgan fingerprint density at radius 2 is 2.27 bits per heavy atom.